The van der Waals surface area contributed by atoms with E-state index in [9.17, 15) is 23.1 Å². The number of hydrogen-bond acceptors (Lipinski definition) is 9. The van der Waals surface area contributed by atoms with Gasteiger partial charge in [0.05, 0.1) is 18.8 Å². The van der Waals surface area contributed by atoms with Crippen molar-refractivity contribution in [1.82, 2.24) is 9.97 Å². The molecule has 0 spiro atoms. The number of benzene rings is 1. The van der Waals surface area contributed by atoms with Gasteiger partial charge in [0.1, 0.15) is 16.4 Å². The van der Waals surface area contributed by atoms with Crippen molar-refractivity contribution in [3.63, 3.8) is 0 Å². The number of nitrogens with one attached hydrogen (secondary N) is 2. The Morgan fingerprint density at radius 2 is 1.77 bits per heavy atom. The van der Waals surface area contributed by atoms with Crippen LogP contribution >= 0.6 is 11.3 Å². The third kappa shape index (κ3) is 7.80. The Hall–Kier alpha value is -3.91. The van der Waals surface area contributed by atoms with Crippen LogP contribution in [0.15, 0.2) is 36.5 Å². The lowest BCUT2D eigenvalue weighted by molar-refractivity contribution is -0.137. The number of halogens is 3. The fourth-order valence-corrected chi connectivity index (χ4v) is 4.68. The maximum Gasteiger partial charge on any atom is 0.421 e. The molecule has 4 rings (SSSR count). The maximum atomic E-state index is 13.7. The lowest BCUT2D eigenvalue weighted by Gasteiger charge is -2.28. The molecular weight excluding hydrogens is 537 g/mol. The first-order valence-corrected chi connectivity index (χ1v) is 12.6. The van der Waals surface area contributed by atoms with Crippen molar-refractivity contribution < 1.29 is 32.6 Å². The van der Waals surface area contributed by atoms with Gasteiger partial charge in [0.15, 0.2) is 0 Å². The van der Waals surface area contributed by atoms with E-state index < -0.39 is 23.5 Å². The number of amides is 1. The highest BCUT2D eigenvalue weighted by atomic mass is 32.1. The molecule has 1 fully saturated rings. The van der Waals surface area contributed by atoms with Crippen molar-refractivity contribution in [1.29, 1.82) is 0 Å². The monoisotopic (exact) mass is 566 g/mol. The topological polar surface area (TPSA) is 143 Å². The number of anilines is 5. The number of aromatic nitrogens is 2. The molecule has 2 aromatic heterocycles. The number of carboxylic acid groups (broad SMARTS) is 1. The highest BCUT2D eigenvalue weighted by molar-refractivity contribution is 7.16. The summed E-state index contributed by atoms with van der Waals surface area (Å²) in [6.07, 6.45) is -3.81. The molecule has 0 bridgehead atoms. The lowest BCUT2D eigenvalue weighted by Crippen LogP contribution is -2.36. The van der Waals surface area contributed by atoms with Crippen molar-refractivity contribution in [2.24, 2.45) is 5.73 Å². The van der Waals surface area contributed by atoms with Gasteiger partial charge >= 0.3 is 12.1 Å². The van der Waals surface area contributed by atoms with Gasteiger partial charge in [0.25, 0.3) is 0 Å². The van der Waals surface area contributed by atoms with Gasteiger partial charge in [-0.05, 0) is 35.7 Å². The van der Waals surface area contributed by atoms with Gasteiger partial charge in [-0.2, -0.15) is 18.2 Å². The summed E-state index contributed by atoms with van der Waals surface area (Å²) in [5.74, 6) is -1.84. The second kappa shape index (κ2) is 12.3. The zero-order chi connectivity index (χ0) is 28.8. The number of thiophene rings is 1. The smallest absolute Gasteiger partial charge is 0.421 e. The average Bonchev–Trinajstić information content (AvgIpc) is 3.30. The minimum absolute atomic E-state index is 0.0610. The van der Waals surface area contributed by atoms with Gasteiger partial charge in [0.2, 0.25) is 12.4 Å². The second-order valence-electron chi connectivity index (χ2n) is 9.39. The molecule has 0 radical (unpaired) electrons. The first-order valence-electron chi connectivity index (χ1n) is 11.8. The Kier molecular flexibility index (Phi) is 9.35. The molecule has 3 heterocycles. The van der Waals surface area contributed by atoms with E-state index in [2.05, 4.69) is 31.2 Å². The number of hydrogen-bond donors (Lipinski definition) is 4. The number of carbonyl (C=O) groups is 2. The molecule has 0 saturated carbocycles. The molecule has 1 aliphatic heterocycles. The molecule has 0 aliphatic carbocycles. The van der Waals surface area contributed by atoms with E-state index in [-0.39, 0.29) is 28.3 Å². The Balaban J connectivity index is 0.00000134. The highest BCUT2D eigenvalue weighted by Gasteiger charge is 2.36. The summed E-state index contributed by atoms with van der Waals surface area (Å²) < 4.78 is 46.5. The van der Waals surface area contributed by atoms with Crippen LogP contribution in [0.25, 0.3) is 0 Å². The van der Waals surface area contributed by atoms with Crippen LogP contribution in [0.3, 0.4) is 0 Å². The van der Waals surface area contributed by atoms with Crippen molar-refractivity contribution in [2.45, 2.75) is 32.4 Å². The Morgan fingerprint density at radius 3 is 2.31 bits per heavy atom. The fourth-order valence-electron chi connectivity index (χ4n) is 3.57. The number of carbonyl (C=O) groups excluding carboxylic acids is 1. The minimum atomic E-state index is -4.74. The molecule has 210 valence electrons. The third-order valence-electron chi connectivity index (χ3n) is 5.53. The summed E-state index contributed by atoms with van der Waals surface area (Å²) in [5.41, 5.74) is 4.17. The summed E-state index contributed by atoms with van der Waals surface area (Å²) >= 11 is 1.08. The number of nitrogens with zero attached hydrogens (tertiary/aromatic N) is 3. The number of primary amides is 1. The van der Waals surface area contributed by atoms with Crippen LogP contribution in [0.1, 0.15) is 41.6 Å². The molecule has 1 amide bonds. The molecule has 39 heavy (non-hydrogen) atoms. The first-order chi connectivity index (χ1) is 18.3. The predicted octanol–water partition coefficient (Wildman–Crippen LogP) is 4.98. The largest absolute Gasteiger partial charge is 0.478 e. The van der Waals surface area contributed by atoms with E-state index in [1.807, 2.05) is 32.9 Å². The van der Waals surface area contributed by atoms with E-state index in [0.29, 0.717) is 30.0 Å². The molecular formula is C25H29F3N6O4S. The Bertz CT molecular complexity index is 1290. The number of ether oxygens (including phenoxy) is 1. The number of alkyl halides is 3. The fraction of sp³-hybridized carbons (Fsp3) is 0.360. The molecule has 1 aromatic carbocycles. The van der Waals surface area contributed by atoms with Crippen LogP contribution in [0.5, 0.6) is 0 Å². The van der Waals surface area contributed by atoms with Crippen LogP contribution in [0.4, 0.5) is 41.3 Å². The van der Waals surface area contributed by atoms with E-state index in [1.165, 1.54) is 6.07 Å². The summed E-state index contributed by atoms with van der Waals surface area (Å²) in [5, 5.41) is 15.2. The van der Waals surface area contributed by atoms with Crippen LogP contribution in [0.2, 0.25) is 0 Å². The quantitative estimate of drug-likeness (QED) is 0.304. The van der Waals surface area contributed by atoms with E-state index in [1.54, 1.807) is 12.1 Å². The molecule has 1 saturated heterocycles. The highest BCUT2D eigenvalue weighted by Crippen LogP contribution is 2.40. The van der Waals surface area contributed by atoms with Crippen molar-refractivity contribution >= 4 is 51.9 Å². The zero-order valence-corrected chi connectivity index (χ0v) is 22.3. The van der Waals surface area contributed by atoms with E-state index in [0.717, 1.165) is 30.1 Å². The van der Waals surface area contributed by atoms with Gasteiger partial charge in [-0.25, -0.2) is 9.78 Å². The SMILES string of the molecule is CC(C)(C)c1cc(C(=O)O)c(Nc2nc(Nc3ccc(N4CCOCC4)cc3)ncc2C(F)(F)F)s1.NC=O. The summed E-state index contributed by atoms with van der Waals surface area (Å²) in [6, 6.07) is 8.84. The summed E-state index contributed by atoms with van der Waals surface area (Å²) in [7, 11) is 0. The molecule has 10 nitrogen and oxygen atoms in total. The predicted molar refractivity (Wildman–Crippen MR) is 143 cm³/mol. The average molecular weight is 567 g/mol. The van der Waals surface area contributed by atoms with Crippen LogP contribution in [0, 0.1) is 0 Å². The standard InChI is InChI=1S/C24H26F3N5O3S.CH3NO/c1-23(2,3)18-12-16(21(33)34)20(36-18)30-19-17(24(25,26)27)13-28-22(31-19)29-14-4-6-15(7-5-14)32-8-10-35-11-9-32;2-1-3/h4-7,12-13H,8-11H2,1-3H3,(H,33,34)(H2,28,29,30,31);1H,(H2,2,3). The number of rotatable bonds is 6. The number of carboxylic acids is 1. The van der Waals surface area contributed by atoms with Crippen molar-refractivity contribution in [3.8, 4) is 0 Å². The van der Waals surface area contributed by atoms with Gasteiger partial charge in [-0.15, -0.1) is 11.3 Å². The molecule has 14 heteroatoms. The van der Waals surface area contributed by atoms with Gasteiger partial charge < -0.3 is 31.1 Å². The first kappa shape index (κ1) is 29.6. The minimum Gasteiger partial charge on any atom is -0.478 e. The summed E-state index contributed by atoms with van der Waals surface area (Å²) in [4.78, 5) is 31.1. The number of nitrogens with two attached hydrogens (primary N) is 1. The van der Waals surface area contributed by atoms with Crippen LogP contribution < -0.4 is 21.3 Å². The lowest BCUT2D eigenvalue weighted by atomic mass is 9.94. The van der Waals surface area contributed by atoms with Crippen molar-refractivity contribution in [3.05, 3.63) is 52.5 Å². The number of aromatic carboxylic acids is 1. The van der Waals surface area contributed by atoms with Gasteiger partial charge in [0, 0.05) is 35.5 Å². The van der Waals surface area contributed by atoms with Crippen LogP contribution in [-0.4, -0.2) is 53.8 Å². The van der Waals surface area contributed by atoms with Gasteiger partial charge in [-0.1, -0.05) is 20.8 Å². The molecule has 3 aromatic rings. The maximum absolute atomic E-state index is 13.7. The summed E-state index contributed by atoms with van der Waals surface area (Å²) in [6.45, 7) is 8.55. The van der Waals surface area contributed by atoms with E-state index >= 15 is 0 Å². The molecule has 5 N–H and O–H groups in total. The Morgan fingerprint density at radius 1 is 1.15 bits per heavy atom. The third-order valence-corrected chi connectivity index (χ3v) is 7.00. The normalized spacial score (nSPS) is 13.7. The van der Waals surface area contributed by atoms with Crippen LogP contribution in [-0.2, 0) is 21.1 Å². The Labute approximate surface area is 227 Å². The number of morpholine rings is 1. The molecule has 1 aliphatic rings. The molecule has 0 atom stereocenters. The second-order valence-corrected chi connectivity index (χ2v) is 10.4. The van der Waals surface area contributed by atoms with Crippen molar-refractivity contribution in [2.75, 3.05) is 41.8 Å². The zero-order valence-electron chi connectivity index (χ0n) is 21.5. The van der Waals surface area contributed by atoms with E-state index in [4.69, 9.17) is 9.53 Å². The van der Waals surface area contributed by atoms with Gasteiger partial charge in [-0.3, -0.25) is 4.79 Å². The molecule has 0 unspecified atom stereocenters.